The Labute approximate surface area is 182 Å². The molecule has 0 saturated carbocycles. The Morgan fingerprint density at radius 3 is 2.23 bits per heavy atom. The van der Waals surface area contributed by atoms with Crippen LogP contribution in [0.5, 0.6) is 5.75 Å². The van der Waals surface area contributed by atoms with E-state index in [0.717, 1.165) is 19.6 Å². The van der Waals surface area contributed by atoms with Gasteiger partial charge in [-0.15, -0.1) is 0 Å². The second kappa shape index (κ2) is 9.78. The number of nitrogens with one attached hydrogen (secondary N) is 1. The first-order valence-corrected chi connectivity index (χ1v) is 11.6. The van der Waals surface area contributed by atoms with E-state index in [9.17, 15) is 13.2 Å². The fraction of sp³-hybridized carbons (Fsp3) is 0.381. The van der Waals surface area contributed by atoms with Crippen molar-refractivity contribution >= 4 is 27.5 Å². The number of rotatable bonds is 7. The van der Waals surface area contributed by atoms with E-state index in [1.54, 1.807) is 24.0 Å². The molecular formula is C21H26ClN3O4S. The Kier molecular flexibility index (Phi) is 7.36. The van der Waals surface area contributed by atoms with Crippen molar-refractivity contribution < 1.29 is 17.9 Å². The molecule has 7 nitrogen and oxygen atoms in total. The van der Waals surface area contributed by atoms with Gasteiger partial charge in [-0.25, -0.2) is 8.42 Å². The van der Waals surface area contributed by atoms with Crippen LogP contribution in [0.2, 0.25) is 5.02 Å². The minimum Gasteiger partial charge on any atom is -0.497 e. The van der Waals surface area contributed by atoms with Gasteiger partial charge >= 0.3 is 0 Å². The van der Waals surface area contributed by atoms with Gasteiger partial charge in [0.05, 0.1) is 18.0 Å². The van der Waals surface area contributed by atoms with Crippen LogP contribution >= 0.6 is 11.6 Å². The Bertz CT molecular complexity index is 957. The zero-order valence-electron chi connectivity index (χ0n) is 17.0. The van der Waals surface area contributed by atoms with Gasteiger partial charge in [0, 0.05) is 37.7 Å². The van der Waals surface area contributed by atoms with Crippen molar-refractivity contribution in [3.05, 3.63) is 59.1 Å². The third kappa shape index (κ3) is 5.72. The first kappa shape index (κ1) is 22.6. The van der Waals surface area contributed by atoms with E-state index in [1.807, 2.05) is 24.3 Å². The van der Waals surface area contributed by atoms with E-state index in [1.165, 1.54) is 24.8 Å². The van der Waals surface area contributed by atoms with Gasteiger partial charge < -0.3 is 9.64 Å². The van der Waals surface area contributed by atoms with Crippen LogP contribution in [0.3, 0.4) is 0 Å². The smallest absolute Gasteiger partial charge is 0.241 e. The summed E-state index contributed by atoms with van der Waals surface area (Å²) in [5, 5.41) is 0.709. The Hall–Kier alpha value is -2.13. The third-order valence-electron chi connectivity index (χ3n) is 5.08. The highest BCUT2D eigenvalue weighted by Gasteiger charge is 2.28. The van der Waals surface area contributed by atoms with Crippen LogP contribution in [0.25, 0.3) is 0 Å². The molecule has 0 unspecified atom stereocenters. The molecule has 0 bridgehead atoms. The summed E-state index contributed by atoms with van der Waals surface area (Å²) < 4.78 is 32.7. The highest BCUT2D eigenvalue weighted by molar-refractivity contribution is 7.89. The van der Waals surface area contributed by atoms with E-state index in [4.69, 9.17) is 16.3 Å². The predicted molar refractivity (Wildman–Crippen MR) is 116 cm³/mol. The number of sulfonamides is 1. The van der Waals surface area contributed by atoms with Gasteiger partial charge in [-0.1, -0.05) is 23.7 Å². The molecule has 2 aromatic carbocycles. The minimum atomic E-state index is -3.80. The quantitative estimate of drug-likeness (QED) is 0.699. The Morgan fingerprint density at radius 2 is 1.67 bits per heavy atom. The second-order valence-corrected chi connectivity index (χ2v) is 9.40. The summed E-state index contributed by atoms with van der Waals surface area (Å²) in [6.07, 6.45) is 0. The van der Waals surface area contributed by atoms with Crippen LogP contribution < -0.4 is 9.46 Å². The van der Waals surface area contributed by atoms with Crippen LogP contribution in [0.4, 0.5) is 0 Å². The van der Waals surface area contributed by atoms with Gasteiger partial charge in [0.2, 0.25) is 15.9 Å². The molecule has 1 fully saturated rings. The van der Waals surface area contributed by atoms with E-state index in [2.05, 4.69) is 9.62 Å². The predicted octanol–water partition coefficient (Wildman–Crippen LogP) is 2.36. The second-order valence-electron chi connectivity index (χ2n) is 7.25. The number of carbonyl (C=O) groups is 1. The van der Waals surface area contributed by atoms with Crippen LogP contribution in [-0.2, 0) is 21.4 Å². The molecule has 1 aliphatic heterocycles. The lowest BCUT2D eigenvalue weighted by atomic mass is 10.2. The van der Waals surface area contributed by atoms with Crippen molar-refractivity contribution in [2.45, 2.75) is 24.4 Å². The summed E-state index contributed by atoms with van der Waals surface area (Å²) in [5.74, 6) is 0.341. The van der Waals surface area contributed by atoms with Gasteiger partial charge in [0.15, 0.2) is 0 Å². The van der Waals surface area contributed by atoms with Gasteiger partial charge in [-0.3, -0.25) is 9.69 Å². The lowest BCUT2D eigenvalue weighted by Gasteiger charge is -2.36. The number of amides is 1. The number of hydrogen-bond donors (Lipinski definition) is 1. The molecule has 1 aliphatic rings. The molecule has 1 amide bonds. The van der Waals surface area contributed by atoms with E-state index in [-0.39, 0.29) is 10.8 Å². The number of methoxy groups -OCH3 is 1. The summed E-state index contributed by atoms with van der Waals surface area (Å²) in [7, 11) is -2.29. The van der Waals surface area contributed by atoms with Crippen molar-refractivity contribution in [3.63, 3.8) is 0 Å². The number of piperazine rings is 1. The molecule has 1 saturated heterocycles. The fourth-order valence-corrected chi connectivity index (χ4v) is 4.68. The summed E-state index contributed by atoms with van der Waals surface area (Å²) in [6.45, 7) is 4.93. The maximum absolute atomic E-state index is 12.8. The monoisotopic (exact) mass is 451 g/mol. The average Bonchev–Trinajstić information content (AvgIpc) is 2.75. The molecule has 0 aliphatic carbocycles. The zero-order valence-corrected chi connectivity index (χ0v) is 18.6. The highest BCUT2D eigenvalue weighted by atomic mass is 35.5. The molecule has 1 heterocycles. The summed E-state index contributed by atoms with van der Waals surface area (Å²) in [4.78, 5) is 16.8. The van der Waals surface area contributed by atoms with Gasteiger partial charge in [0.25, 0.3) is 0 Å². The van der Waals surface area contributed by atoms with Crippen LogP contribution in [0, 0.1) is 0 Å². The Morgan fingerprint density at radius 1 is 1.07 bits per heavy atom. The number of ether oxygens (including phenoxy) is 1. The fourth-order valence-electron chi connectivity index (χ4n) is 3.35. The number of halogens is 1. The molecule has 9 heteroatoms. The molecule has 162 valence electrons. The van der Waals surface area contributed by atoms with Gasteiger partial charge in [-0.05, 0) is 48.9 Å². The lowest BCUT2D eigenvalue weighted by molar-refractivity contribution is -0.134. The first-order valence-electron chi connectivity index (χ1n) is 9.70. The van der Waals surface area contributed by atoms with Crippen molar-refractivity contribution in [2.75, 3.05) is 33.3 Å². The average molecular weight is 452 g/mol. The van der Waals surface area contributed by atoms with E-state index in [0.29, 0.717) is 23.9 Å². The minimum absolute atomic E-state index is 0.0933. The molecule has 30 heavy (non-hydrogen) atoms. The van der Waals surface area contributed by atoms with Crippen LogP contribution in [-0.4, -0.2) is 63.5 Å². The lowest BCUT2D eigenvalue weighted by Crippen LogP contribution is -2.53. The number of benzene rings is 2. The number of carbonyl (C=O) groups excluding carboxylic acids is 1. The molecule has 0 aromatic heterocycles. The molecular weight excluding hydrogens is 426 g/mol. The van der Waals surface area contributed by atoms with Crippen molar-refractivity contribution in [2.24, 2.45) is 0 Å². The van der Waals surface area contributed by atoms with E-state index < -0.39 is 16.1 Å². The molecule has 0 radical (unpaired) electrons. The Balaban J connectivity index is 1.53. The van der Waals surface area contributed by atoms with Crippen LogP contribution in [0.1, 0.15) is 12.5 Å². The largest absolute Gasteiger partial charge is 0.497 e. The molecule has 1 N–H and O–H groups in total. The zero-order chi connectivity index (χ0) is 21.7. The normalized spacial score (nSPS) is 16.3. The topological polar surface area (TPSA) is 78.9 Å². The SMILES string of the molecule is COc1ccc(S(=O)(=O)N[C@@H](C)C(=O)N2CCN(Cc3ccc(Cl)cc3)CC2)cc1. The maximum atomic E-state index is 12.8. The van der Waals surface area contributed by atoms with Gasteiger partial charge in [-0.2, -0.15) is 4.72 Å². The maximum Gasteiger partial charge on any atom is 0.241 e. The molecule has 1 atom stereocenters. The molecule has 0 spiro atoms. The molecule has 3 rings (SSSR count). The van der Waals surface area contributed by atoms with Crippen molar-refractivity contribution in [1.82, 2.24) is 14.5 Å². The number of hydrogen-bond acceptors (Lipinski definition) is 5. The van der Waals surface area contributed by atoms with Crippen molar-refractivity contribution in [1.29, 1.82) is 0 Å². The van der Waals surface area contributed by atoms with Crippen LogP contribution in [0.15, 0.2) is 53.4 Å². The van der Waals surface area contributed by atoms with Crippen molar-refractivity contribution in [3.8, 4) is 5.75 Å². The van der Waals surface area contributed by atoms with Gasteiger partial charge in [0.1, 0.15) is 5.75 Å². The standard InChI is InChI=1S/C21H26ClN3O4S/c1-16(23-30(27,28)20-9-7-19(29-2)8-10-20)21(26)25-13-11-24(12-14-25)15-17-3-5-18(22)6-4-17/h3-10,16,23H,11-15H2,1-2H3/t16-/m0/s1. The summed E-state index contributed by atoms with van der Waals surface area (Å²) >= 11 is 5.92. The molecule has 2 aromatic rings. The highest BCUT2D eigenvalue weighted by Crippen LogP contribution is 2.17. The van der Waals surface area contributed by atoms with E-state index >= 15 is 0 Å². The summed E-state index contributed by atoms with van der Waals surface area (Å²) in [5.41, 5.74) is 1.17. The number of nitrogens with zero attached hydrogens (tertiary/aromatic N) is 2. The summed E-state index contributed by atoms with van der Waals surface area (Å²) in [6, 6.07) is 12.9. The third-order valence-corrected chi connectivity index (χ3v) is 6.88. The first-order chi connectivity index (χ1) is 14.3.